The summed E-state index contributed by atoms with van der Waals surface area (Å²) in [6, 6.07) is 0. The molecule has 0 spiro atoms. The van der Waals surface area contributed by atoms with Gasteiger partial charge in [0.05, 0.1) is 5.69 Å². The van der Waals surface area contributed by atoms with Crippen LogP contribution in [0, 0.1) is 13.8 Å². The van der Waals surface area contributed by atoms with Crippen LogP contribution in [-0.2, 0) is 11.2 Å². The molecule has 1 heterocycles. The predicted octanol–water partition coefficient (Wildman–Crippen LogP) is 0.924. The molecule has 1 atom stereocenters. The van der Waals surface area contributed by atoms with Crippen LogP contribution < -0.4 is 0 Å². The van der Waals surface area contributed by atoms with E-state index in [1.807, 2.05) is 13.8 Å². The minimum Gasteiger partial charge on any atom is -0.368 e. The Morgan fingerprint density at radius 1 is 1.54 bits per heavy atom. The highest BCUT2D eigenvalue weighted by Gasteiger charge is 2.05. The van der Waals surface area contributed by atoms with E-state index in [9.17, 15) is 0 Å². The average molecular weight is 184 g/mol. The number of imidazole rings is 1. The van der Waals surface area contributed by atoms with Crippen molar-refractivity contribution in [2.24, 2.45) is 0 Å². The number of hydrogen-bond acceptors (Lipinski definition) is 3. The van der Waals surface area contributed by atoms with E-state index in [2.05, 4.69) is 9.97 Å². The second-order valence-corrected chi connectivity index (χ2v) is 3.12. The van der Waals surface area contributed by atoms with Gasteiger partial charge in [0.15, 0.2) is 6.29 Å². The van der Waals surface area contributed by atoms with Gasteiger partial charge in [-0.1, -0.05) is 0 Å². The number of hydrogen-bond donors (Lipinski definition) is 2. The van der Waals surface area contributed by atoms with Crippen LogP contribution in [0.5, 0.6) is 0 Å². The molecule has 4 heteroatoms. The number of aliphatic hydroxyl groups excluding tert-OH is 1. The third-order valence-electron chi connectivity index (χ3n) is 2.08. The van der Waals surface area contributed by atoms with E-state index in [0.29, 0.717) is 12.8 Å². The summed E-state index contributed by atoms with van der Waals surface area (Å²) in [5.74, 6) is 0.908. The van der Waals surface area contributed by atoms with E-state index < -0.39 is 6.29 Å². The van der Waals surface area contributed by atoms with Crippen LogP contribution in [0.15, 0.2) is 0 Å². The van der Waals surface area contributed by atoms with Gasteiger partial charge in [0, 0.05) is 25.6 Å². The van der Waals surface area contributed by atoms with E-state index >= 15 is 0 Å². The van der Waals surface area contributed by atoms with E-state index in [0.717, 1.165) is 17.2 Å². The molecule has 13 heavy (non-hydrogen) atoms. The van der Waals surface area contributed by atoms with Gasteiger partial charge in [-0.15, -0.1) is 0 Å². The molecule has 0 radical (unpaired) electrons. The molecule has 0 saturated carbocycles. The van der Waals surface area contributed by atoms with Crippen LogP contribution >= 0.6 is 0 Å². The molecule has 1 aromatic heterocycles. The number of methoxy groups -OCH3 is 1. The number of rotatable bonds is 4. The maximum absolute atomic E-state index is 9.13. The highest BCUT2D eigenvalue weighted by molar-refractivity contribution is 5.10. The molecule has 0 aliphatic carbocycles. The van der Waals surface area contributed by atoms with Crippen LogP contribution in [0.25, 0.3) is 0 Å². The first-order valence-electron chi connectivity index (χ1n) is 4.36. The van der Waals surface area contributed by atoms with Gasteiger partial charge in [0.1, 0.15) is 5.82 Å². The molecular weight excluding hydrogens is 168 g/mol. The Kier molecular flexibility index (Phi) is 3.45. The molecule has 74 valence electrons. The van der Waals surface area contributed by atoms with E-state index in [-0.39, 0.29) is 0 Å². The van der Waals surface area contributed by atoms with Gasteiger partial charge < -0.3 is 14.8 Å². The van der Waals surface area contributed by atoms with Crippen LogP contribution in [0.1, 0.15) is 23.6 Å². The fraction of sp³-hybridized carbons (Fsp3) is 0.667. The van der Waals surface area contributed by atoms with E-state index in [4.69, 9.17) is 9.84 Å². The van der Waals surface area contributed by atoms with E-state index in [1.165, 1.54) is 7.11 Å². The SMILES string of the molecule is COC(O)CCc1nc(C)c(C)[nH]1. The van der Waals surface area contributed by atoms with Crippen LogP contribution in [-0.4, -0.2) is 28.5 Å². The van der Waals surface area contributed by atoms with Gasteiger partial charge in [-0.3, -0.25) is 0 Å². The molecule has 0 saturated heterocycles. The van der Waals surface area contributed by atoms with Crippen molar-refractivity contribution in [2.75, 3.05) is 7.11 Å². The molecule has 4 nitrogen and oxygen atoms in total. The molecule has 0 bridgehead atoms. The summed E-state index contributed by atoms with van der Waals surface area (Å²) in [5, 5.41) is 9.13. The summed E-state index contributed by atoms with van der Waals surface area (Å²) in [6.07, 6.45) is 0.595. The summed E-state index contributed by atoms with van der Waals surface area (Å²) in [5.41, 5.74) is 2.10. The standard InChI is InChI=1S/C9H16N2O2/c1-6-7(2)11-8(10-6)4-5-9(12)13-3/h9,12H,4-5H2,1-3H3,(H,10,11). The summed E-state index contributed by atoms with van der Waals surface area (Å²) in [7, 11) is 1.49. The Hall–Kier alpha value is -0.870. The number of aliphatic hydroxyl groups is 1. The molecule has 1 rings (SSSR count). The molecule has 0 amide bonds. The number of ether oxygens (including phenoxy) is 1. The van der Waals surface area contributed by atoms with Crippen molar-refractivity contribution in [3.8, 4) is 0 Å². The smallest absolute Gasteiger partial charge is 0.154 e. The zero-order chi connectivity index (χ0) is 9.84. The molecule has 0 fully saturated rings. The third-order valence-corrected chi connectivity index (χ3v) is 2.08. The molecular formula is C9H16N2O2. The first-order valence-corrected chi connectivity index (χ1v) is 4.36. The molecule has 0 aliphatic rings. The summed E-state index contributed by atoms with van der Waals surface area (Å²) in [6.45, 7) is 3.95. The summed E-state index contributed by atoms with van der Waals surface area (Å²) >= 11 is 0. The van der Waals surface area contributed by atoms with Crippen molar-refractivity contribution in [2.45, 2.75) is 33.0 Å². The van der Waals surface area contributed by atoms with Crippen LogP contribution in [0.4, 0.5) is 0 Å². The Morgan fingerprint density at radius 3 is 2.69 bits per heavy atom. The lowest BCUT2D eigenvalue weighted by Crippen LogP contribution is -2.10. The summed E-state index contributed by atoms with van der Waals surface area (Å²) in [4.78, 5) is 7.44. The molecule has 0 aromatic carbocycles. The predicted molar refractivity (Wildman–Crippen MR) is 49.4 cm³/mol. The van der Waals surface area contributed by atoms with Crippen molar-refractivity contribution in [3.05, 3.63) is 17.2 Å². The van der Waals surface area contributed by atoms with Crippen LogP contribution in [0.2, 0.25) is 0 Å². The van der Waals surface area contributed by atoms with Crippen molar-refractivity contribution in [1.82, 2.24) is 9.97 Å². The van der Waals surface area contributed by atoms with Crippen molar-refractivity contribution in [3.63, 3.8) is 0 Å². The second-order valence-electron chi connectivity index (χ2n) is 3.12. The van der Waals surface area contributed by atoms with Crippen molar-refractivity contribution >= 4 is 0 Å². The number of H-pyrrole nitrogens is 1. The zero-order valence-electron chi connectivity index (χ0n) is 8.29. The highest BCUT2D eigenvalue weighted by atomic mass is 16.6. The Labute approximate surface area is 78.0 Å². The maximum atomic E-state index is 9.13. The first kappa shape index (κ1) is 10.2. The lowest BCUT2D eigenvalue weighted by molar-refractivity contribution is -0.0779. The fourth-order valence-corrected chi connectivity index (χ4v) is 1.12. The highest BCUT2D eigenvalue weighted by Crippen LogP contribution is 2.06. The van der Waals surface area contributed by atoms with Gasteiger partial charge in [-0.25, -0.2) is 4.98 Å². The second kappa shape index (κ2) is 4.39. The zero-order valence-corrected chi connectivity index (χ0v) is 8.29. The third kappa shape index (κ3) is 2.82. The summed E-state index contributed by atoms with van der Waals surface area (Å²) < 4.78 is 4.72. The lowest BCUT2D eigenvalue weighted by atomic mass is 10.3. The lowest BCUT2D eigenvalue weighted by Gasteiger charge is -2.05. The normalized spacial score (nSPS) is 13.2. The fourth-order valence-electron chi connectivity index (χ4n) is 1.12. The molecule has 0 aliphatic heterocycles. The number of aromatic nitrogens is 2. The Balaban J connectivity index is 2.45. The van der Waals surface area contributed by atoms with Crippen molar-refractivity contribution < 1.29 is 9.84 Å². The average Bonchev–Trinajstić information content (AvgIpc) is 2.42. The minimum absolute atomic E-state index is 0.572. The molecule has 2 N–H and O–H groups in total. The van der Waals surface area contributed by atoms with Crippen LogP contribution in [0.3, 0.4) is 0 Å². The van der Waals surface area contributed by atoms with Gasteiger partial charge >= 0.3 is 0 Å². The Bertz CT molecular complexity index is 251. The quantitative estimate of drug-likeness (QED) is 0.684. The van der Waals surface area contributed by atoms with Gasteiger partial charge in [-0.05, 0) is 13.8 Å². The first-order chi connectivity index (χ1) is 6.13. The van der Waals surface area contributed by atoms with E-state index in [1.54, 1.807) is 0 Å². The number of nitrogens with one attached hydrogen (secondary N) is 1. The number of aromatic amines is 1. The minimum atomic E-state index is -0.689. The maximum Gasteiger partial charge on any atom is 0.154 e. The molecule has 1 unspecified atom stereocenters. The monoisotopic (exact) mass is 184 g/mol. The van der Waals surface area contributed by atoms with Gasteiger partial charge in [-0.2, -0.15) is 0 Å². The van der Waals surface area contributed by atoms with Crippen molar-refractivity contribution in [1.29, 1.82) is 0 Å². The molecule has 1 aromatic rings. The number of aryl methyl sites for hydroxylation is 3. The Morgan fingerprint density at radius 2 is 2.23 bits per heavy atom. The largest absolute Gasteiger partial charge is 0.368 e. The van der Waals surface area contributed by atoms with Gasteiger partial charge in [0.25, 0.3) is 0 Å². The number of nitrogens with zero attached hydrogens (tertiary/aromatic N) is 1. The van der Waals surface area contributed by atoms with Gasteiger partial charge in [0.2, 0.25) is 0 Å². The topological polar surface area (TPSA) is 58.1 Å².